The minimum atomic E-state index is -0.515. The number of anilines is 1. The quantitative estimate of drug-likeness (QED) is 0.602. The van der Waals surface area contributed by atoms with Gasteiger partial charge < -0.3 is 9.47 Å². The van der Waals surface area contributed by atoms with Crippen molar-refractivity contribution in [3.05, 3.63) is 65.5 Å². The van der Waals surface area contributed by atoms with E-state index in [-0.39, 0.29) is 18.1 Å². The Morgan fingerprint density at radius 1 is 1.09 bits per heavy atom. The van der Waals surface area contributed by atoms with Crippen LogP contribution in [0.4, 0.5) is 14.9 Å². The second-order valence-corrected chi connectivity index (χ2v) is 8.27. The van der Waals surface area contributed by atoms with Gasteiger partial charge in [-0.2, -0.15) is 5.10 Å². The molecule has 2 heterocycles. The van der Waals surface area contributed by atoms with E-state index in [0.717, 1.165) is 56.1 Å². The summed E-state index contributed by atoms with van der Waals surface area (Å²) in [5.41, 5.74) is 2.91. The molecule has 2 aliphatic rings. The third-order valence-electron chi connectivity index (χ3n) is 5.75. The van der Waals surface area contributed by atoms with Crippen LogP contribution < -0.4 is 5.32 Å². The number of nitrogens with zero attached hydrogens (tertiary/aromatic N) is 3. The molecule has 0 bridgehead atoms. The number of carbonyl (C=O) groups excluding carboxylic acids is 2. The molecule has 0 spiro atoms. The number of rotatable bonds is 8. The Morgan fingerprint density at radius 3 is 2.68 bits per heavy atom. The number of nitrogens with one attached hydrogen (secondary N) is 1. The summed E-state index contributed by atoms with van der Waals surface area (Å²) in [5.74, 6) is -0.444. The Hall–Kier alpha value is -3.30. The van der Waals surface area contributed by atoms with Crippen LogP contribution in [0.25, 0.3) is 0 Å². The maximum Gasteiger partial charge on any atom is 0.411 e. The zero-order valence-corrected chi connectivity index (χ0v) is 19.0. The molecule has 0 atom stereocenters. The Balaban J connectivity index is 1.23. The standard InChI is InChI=1S/C25H29FN4O4/c26-21-7-5-20(6-8-21)23-9-11-30(28-23)24(31)18-19-3-1-4-22(17-19)27-25(32)34-14-2-10-29-12-15-33-16-13-29/h1,3-8,17H,2,9-16,18H2,(H,27,32). The first-order valence-corrected chi connectivity index (χ1v) is 11.5. The highest BCUT2D eigenvalue weighted by Gasteiger charge is 2.22. The predicted molar refractivity (Wildman–Crippen MR) is 126 cm³/mol. The van der Waals surface area contributed by atoms with Crippen molar-refractivity contribution in [1.82, 2.24) is 9.91 Å². The van der Waals surface area contributed by atoms with E-state index in [1.165, 1.54) is 17.1 Å². The van der Waals surface area contributed by atoms with Gasteiger partial charge >= 0.3 is 6.09 Å². The highest BCUT2D eigenvalue weighted by atomic mass is 19.1. The second-order valence-electron chi connectivity index (χ2n) is 8.27. The zero-order valence-electron chi connectivity index (χ0n) is 19.0. The van der Waals surface area contributed by atoms with Crippen LogP contribution in [-0.4, -0.2) is 73.6 Å². The fourth-order valence-electron chi connectivity index (χ4n) is 3.94. The number of benzene rings is 2. The molecular weight excluding hydrogens is 439 g/mol. The Bertz CT molecular complexity index is 1020. The summed E-state index contributed by atoms with van der Waals surface area (Å²) in [4.78, 5) is 27.1. The molecule has 2 amide bonds. The first-order chi connectivity index (χ1) is 16.6. The van der Waals surface area contributed by atoms with Crippen molar-refractivity contribution < 1.29 is 23.5 Å². The first kappa shape index (κ1) is 23.8. The van der Waals surface area contributed by atoms with Gasteiger partial charge in [0.2, 0.25) is 5.91 Å². The Kier molecular flexibility index (Phi) is 8.21. The van der Waals surface area contributed by atoms with Gasteiger partial charge in [0, 0.05) is 31.7 Å². The van der Waals surface area contributed by atoms with Gasteiger partial charge in [-0.05, 0) is 41.8 Å². The summed E-state index contributed by atoms with van der Waals surface area (Å²) in [6.45, 7) is 5.02. The van der Waals surface area contributed by atoms with Crippen molar-refractivity contribution in [2.45, 2.75) is 19.3 Å². The summed E-state index contributed by atoms with van der Waals surface area (Å²) >= 11 is 0. The summed E-state index contributed by atoms with van der Waals surface area (Å²) in [5, 5.41) is 8.57. The molecular formula is C25H29FN4O4. The largest absolute Gasteiger partial charge is 0.449 e. The van der Waals surface area contributed by atoms with E-state index >= 15 is 0 Å². The summed E-state index contributed by atoms with van der Waals surface area (Å²) in [7, 11) is 0. The highest BCUT2D eigenvalue weighted by Crippen LogP contribution is 2.17. The lowest BCUT2D eigenvalue weighted by molar-refractivity contribution is -0.130. The third-order valence-corrected chi connectivity index (χ3v) is 5.75. The number of halogens is 1. The summed E-state index contributed by atoms with van der Waals surface area (Å²) in [6.07, 6.45) is 1.03. The Labute approximate surface area is 198 Å². The molecule has 0 aromatic heterocycles. The van der Waals surface area contributed by atoms with E-state index in [4.69, 9.17) is 9.47 Å². The average Bonchev–Trinajstić information content (AvgIpc) is 3.34. The number of hydrogen-bond acceptors (Lipinski definition) is 6. The molecule has 0 saturated carbocycles. The molecule has 0 unspecified atom stereocenters. The lowest BCUT2D eigenvalue weighted by atomic mass is 10.1. The van der Waals surface area contributed by atoms with Gasteiger partial charge in [-0.1, -0.05) is 24.3 Å². The van der Waals surface area contributed by atoms with E-state index < -0.39 is 6.09 Å². The van der Waals surface area contributed by atoms with Gasteiger partial charge in [0.15, 0.2) is 0 Å². The monoisotopic (exact) mass is 468 g/mol. The van der Waals surface area contributed by atoms with Gasteiger partial charge in [0.05, 0.1) is 38.5 Å². The third kappa shape index (κ3) is 6.85. The number of amides is 2. The molecule has 2 aromatic carbocycles. The van der Waals surface area contributed by atoms with Crippen LogP contribution in [0.3, 0.4) is 0 Å². The van der Waals surface area contributed by atoms with E-state index in [1.807, 2.05) is 6.07 Å². The lowest BCUT2D eigenvalue weighted by Crippen LogP contribution is -2.37. The normalized spacial score (nSPS) is 16.3. The summed E-state index contributed by atoms with van der Waals surface area (Å²) < 4.78 is 23.7. The molecule has 34 heavy (non-hydrogen) atoms. The van der Waals surface area contributed by atoms with Crippen LogP contribution >= 0.6 is 0 Å². The molecule has 1 saturated heterocycles. The van der Waals surface area contributed by atoms with E-state index in [0.29, 0.717) is 25.3 Å². The van der Waals surface area contributed by atoms with Crippen molar-refractivity contribution in [1.29, 1.82) is 0 Å². The van der Waals surface area contributed by atoms with Gasteiger partial charge in [-0.25, -0.2) is 14.2 Å². The second kappa shape index (κ2) is 11.7. The van der Waals surface area contributed by atoms with Crippen molar-refractivity contribution >= 4 is 23.4 Å². The fraction of sp³-hybridized carbons (Fsp3) is 0.400. The van der Waals surface area contributed by atoms with Crippen LogP contribution in [0.2, 0.25) is 0 Å². The fourth-order valence-corrected chi connectivity index (χ4v) is 3.94. The first-order valence-electron chi connectivity index (χ1n) is 11.5. The molecule has 1 fully saturated rings. The number of carbonyl (C=O) groups is 2. The van der Waals surface area contributed by atoms with Gasteiger partial charge in [-0.15, -0.1) is 0 Å². The van der Waals surface area contributed by atoms with Crippen molar-refractivity contribution in [2.24, 2.45) is 5.10 Å². The predicted octanol–water partition coefficient (Wildman–Crippen LogP) is 3.28. The van der Waals surface area contributed by atoms with Gasteiger partial charge in [0.1, 0.15) is 5.82 Å². The smallest absolute Gasteiger partial charge is 0.411 e. The van der Waals surface area contributed by atoms with Gasteiger partial charge in [-0.3, -0.25) is 15.0 Å². The minimum absolute atomic E-state index is 0.139. The molecule has 180 valence electrons. The van der Waals surface area contributed by atoms with Crippen LogP contribution in [0, 0.1) is 5.82 Å². The van der Waals surface area contributed by atoms with Gasteiger partial charge in [0.25, 0.3) is 0 Å². The molecule has 0 radical (unpaired) electrons. The number of hydrogen-bond donors (Lipinski definition) is 1. The van der Waals surface area contributed by atoms with Crippen molar-refractivity contribution in [3.63, 3.8) is 0 Å². The zero-order chi connectivity index (χ0) is 23.8. The SMILES string of the molecule is O=C(Nc1cccc(CC(=O)N2CCC(c3ccc(F)cc3)=N2)c1)OCCCN1CCOCC1. The van der Waals surface area contributed by atoms with Crippen LogP contribution in [0.5, 0.6) is 0 Å². The molecule has 8 nitrogen and oxygen atoms in total. The van der Waals surface area contributed by atoms with E-state index in [2.05, 4.69) is 15.3 Å². The number of morpholine rings is 1. The van der Waals surface area contributed by atoms with E-state index in [1.54, 1.807) is 30.3 Å². The topological polar surface area (TPSA) is 83.5 Å². The van der Waals surface area contributed by atoms with Crippen LogP contribution in [0.15, 0.2) is 53.6 Å². The highest BCUT2D eigenvalue weighted by molar-refractivity contribution is 6.02. The Morgan fingerprint density at radius 2 is 1.88 bits per heavy atom. The van der Waals surface area contributed by atoms with Crippen molar-refractivity contribution in [3.8, 4) is 0 Å². The molecule has 4 rings (SSSR count). The molecule has 0 aliphatic carbocycles. The van der Waals surface area contributed by atoms with E-state index in [9.17, 15) is 14.0 Å². The number of hydrazone groups is 1. The van der Waals surface area contributed by atoms with Crippen LogP contribution in [-0.2, 0) is 20.7 Å². The van der Waals surface area contributed by atoms with Crippen LogP contribution in [0.1, 0.15) is 24.0 Å². The number of ether oxygens (including phenoxy) is 2. The molecule has 2 aromatic rings. The maximum atomic E-state index is 13.1. The van der Waals surface area contributed by atoms with Crippen molar-refractivity contribution in [2.75, 3.05) is 51.3 Å². The molecule has 1 N–H and O–H groups in total. The molecule has 2 aliphatic heterocycles. The molecule has 9 heteroatoms. The minimum Gasteiger partial charge on any atom is -0.449 e. The average molecular weight is 469 g/mol. The lowest BCUT2D eigenvalue weighted by Gasteiger charge is -2.26. The summed E-state index contributed by atoms with van der Waals surface area (Å²) in [6, 6.07) is 13.2. The maximum absolute atomic E-state index is 13.1.